The van der Waals surface area contributed by atoms with E-state index in [9.17, 15) is 0 Å². The highest BCUT2D eigenvalue weighted by atomic mass is 127. The van der Waals surface area contributed by atoms with Crippen LogP contribution in [0.15, 0.2) is 46.8 Å². The first-order chi connectivity index (χ1) is 14.2. The van der Waals surface area contributed by atoms with Gasteiger partial charge in [0.1, 0.15) is 0 Å². The highest BCUT2D eigenvalue weighted by Gasteiger charge is 2.20. The van der Waals surface area contributed by atoms with Gasteiger partial charge in [0.05, 0.1) is 5.00 Å². The smallest absolute Gasteiger partial charge is 0.191 e. The van der Waals surface area contributed by atoms with Crippen LogP contribution in [-0.2, 0) is 6.42 Å². The highest BCUT2D eigenvalue weighted by Crippen LogP contribution is 2.24. The molecule has 7 heteroatoms. The molecule has 2 heterocycles. The number of hydrogen-bond acceptors (Lipinski definition) is 4. The average Bonchev–Trinajstić information content (AvgIpc) is 3.27. The van der Waals surface area contributed by atoms with E-state index in [1.54, 1.807) is 0 Å². The van der Waals surface area contributed by atoms with Crippen LogP contribution in [0.5, 0.6) is 0 Å². The quantitative estimate of drug-likeness (QED) is 0.222. The zero-order valence-electron chi connectivity index (χ0n) is 18.4. The Hall–Kier alpha value is -1.48. The second-order valence-electron chi connectivity index (χ2n) is 7.78. The molecule has 0 amide bonds. The van der Waals surface area contributed by atoms with E-state index in [4.69, 9.17) is 4.99 Å². The number of nitrogens with one attached hydrogen (secondary N) is 2. The van der Waals surface area contributed by atoms with Gasteiger partial charge in [-0.3, -0.25) is 4.99 Å². The summed E-state index contributed by atoms with van der Waals surface area (Å²) in [7, 11) is 4.15. The minimum Gasteiger partial charge on any atom is -0.378 e. The first-order valence-corrected chi connectivity index (χ1v) is 11.6. The predicted octanol–water partition coefficient (Wildman–Crippen LogP) is 4.59. The summed E-state index contributed by atoms with van der Waals surface area (Å²) < 4.78 is 0. The molecule has 3 rings (SSSR count). The Bertz CT molecular complexity index is 737. The van der Waals surface area contributed by atoms with E-state index >= 15 is 0 Å². The van der Waals surface area contributed by atoms with E-state index in [-0.39, 0.29) is 24.0 Å². The van der Waals surface area contributed by atoms with Gasteiger partial charge in [-0.2, -0.15) is 0 Å². The normalized spacial score (nSPS) is 14.9. The van der Waals surface area contributed by atoms with Crippen LogP contribution in [0.1, 0.15) is 31.7 Å². The first kappa shape index (κ1) is 24.8. The maximum absolute atomic E-state index is 4.81. The van der Waals surface area contributed by atoms with Gasteiger partial charge in [0, 0.05) is 52.0 Å². The topological polar surface area (TPSA) is 42.9 Å². The Kier molecular flexibility index (Phi) is 10.8. The van der Waals surface area contributed by atoms with Crippen molar-refractivity contribution in [2.45, 2.75) is 38.6 Å². The number of piperidine rings is 1. The zero-order chi connectivity index (χ0) is 20.5. The van der Waals surface area contributed by atoms with Gasteiger partial charge in [0.25, 0.3) is 0 Å². The summed E-state index contributed by atoms with van der Waals surface area (Å²) in [4.78, 5) is 9.44. The molecule has 0 bridgehead atoms. The van der Waals surface area contributed by atoms with Crippen LogP contribution < -0.4 is 20.4 Å². The molecule has 5 nitrogen and oxygen atoms in total. The minimum absolute atomic E-state index is 0. The third-order valence-electron chi connectivity index (χ3n) is 5.34. The van der Waals surface area contributed by atoms with Crippen molar-refractivity contribution >= 4 is 52.0 Å². The Morgan fingerprint density at radius 1 is 1.17 bits per heavy atom. The molecule has 1 fully saturated rings. The van der Waals surface area contributed by atoms with Gasteiger partial charge in [-0.25, -0.2) is 0 Å². The summed E-state index contributed by atoms with van der Waals surface area (Å²) in [5, 5.41) is 10.6. The summed E-state index contributed by atoms with van der Waals surface area (Å²) in [6, 6.07) is 13.7. The number of aryl methyl sites for hydroxylation is 1. The number of guanidine groups is 1. The van der Waals surface area contributed by atoms with Crippen molar-refractivity contribution in [2.24, 2.45) is 4.99 Å². The number of halogens is 1. The molecule has 30 heavy (non-hydrogen) atoms. The van der Waals surface area contributed by atoms with Gasteiger partial charge in [-0.1, -0.05) is 12.1 Å². The van der Waals surface area contributed by atoms with E-state index in [0.717, 1.165) is 57.8 Å². The van der Waals surface area contributed by atoms with Crippen LogP contribution in [0, 0.1) is 0 Å². The lowest BCUT2D eigenvalue weighted by Crippen LogP contribution is -2.48. The number of rotatable bonds is 8. The molecule has 0 spiro atoms. The zero-order valence-corrected chi connectivity index (χ0v) is 21.6. The maximum atomic E-state index is 4.81. The largest absolute Gasteiger partial charge is 0.378 e. The summed E-state index contributed by atoms with van der Waals surface area (Å²) in [6.45, 7) is 6.09. The van der Waals surface area contributed by atoms with Crippen LogP contribution in [0.4, 0.5) is 10.7 Å². The third kappa shape index (κ3) is 7.65. The van der Waals surface area contributed by atoms with E-state index in [1.165, 1.54) is 16.3 Å². The van der Waals surface area contributed by atoms with E-state index < -0.39 is 0 Å². The van der Waals surface area contributed by atoms with Gasteiger partial charge in [-0.05, 0) is 67.8 Å². The molecule has 1 aliphatic heterocycles. The summed E-state index contributed by atoms with van der Waals surface area (Å²) >= 11 is 1.83. The van der Waals surface area contributed by atoms with Gasteiger partial charge in [0.15, 0.2) is 5.96 Å². The molecule has 0 aliphatic carbocycles. The standard InChI is InChI=1S/C23H35N5S.HI/c1-4-24-23(25-15-5-7-19-9-11-21(12-10-19)27(2)3)26-20-13-16-28(17-14-20)22-8-6-18-29-22;/h6,8-12,18,20H,4-5,7,13-17H2,1-3H3,(H2,24,25,26);1H. The monoisotopic (exact) mass is 541 g/mol. The Morgan fingerprint density at radius 2 is 1.90 bits per heavy atom. The molecule has 2 N–H and O–H groups in total. The molecule has 0 unspecified atom stereocenters. The summed E-state index contributed by atoms with van der Waals surface area (Å²) in [5.74, 6) is 0.963. The minimum atomic E-state index is 0. The fraction of sp³-hybridized carbons (Fsp3) is 0.522. The van der Waals surface area contributed by atoms with Gasteiger partial charge < -0.3 is 20.4 Å². The van der Waals surface area contributed by atoms with Crippen LogP contribution in [0.25, 0.3) is 0 Å². The van der Waals surface area contributed by atoms with Crippen LogP contribution in [0.2, 0.25) is 0 Å². The van der Waals surface area contributed by atoms with Crippen molar-refractivity contribution in [3.05, 3.63) is 47.3 Å². The second-order valence-corrected chi connectivity index (χ2v) is 8.71. The Morgan fingerprint density at radius 3 is 2.50 bits per heavy atom. The lowest BCUT2D eigenvalue weighted by atomic mass is 10.1. The number of benzene rings is 1. The molecule has 0 atom stereocenters. The Labute approximate surface area is 203 Å². The molecule has 1 aromatic carbocycles. The van der Waals surface area contributed by atoms with Gasteiger partial charge in [0.2, 0.25) is 0 Å². The molecule has 1 saturated heterocycles. The van der Waals surface area contributed by atoms with Crippen molar-refractivity contribution in [2.75, 3.05) is 50.1 Å². The first-order valence-electron chi connectivity index (χ1n) is 10.7. The van der Waals surface area contributed by atoms with Gasteiger partial charge in [-0.15, -0.1) is 35.3 Å². The van der Waals surface area contributed by atoms with Crippen LogP contribution >= 0.6 is 35.3 Å². The number of thiophene rings is 1. The average molecular weight is 542 g/mol. The van der Waals surface area contributed by atoms with E-state index in [1.807, 2.05) is 11.3 Å². The lowest BCUT2D eigenvalue weighted by molar-refractivity contribution is 0.463. The number of anilines is 2. The number of nitrogens with zero attached hydrogens (tertiary/aromatic N) is 3. The van der Waals surface area contributed by atoms with E-state index in [0.29, 0.717) is 6.04 Å². The van der Waals surface area contributed by atoms with Crippen molar-refractivity contribution < 1.29 is 0 Å². The second kappa shape index (κ2) is 13.0. The van der Waals surface area contributed by atoms with E-state index in [2.05, 4.69) is 83.2 Å². The molecule has 0 saturated carbocycles. The third-order valence-corrected chi connectivity index (χ3v) is 6.27. The van der Waals surface area contributed by atoms with Crippen LogP contribution in [0.3, 0.4) is 0 Å². The Balaban J connectivity index is 0.00000320. The van der Waals surface area contributed by atoms with Crippen LogP contribution in [-0.4, -0.2) is 52.3 Å². The fourth-order valence-corrected chi connectivity index (χ4v) is 4.43. The number of hydrogen-bond donors (Lipinski definition) is 2. The molecular weight excluding hydrogens is 505 g/mol. The molecule has 2 aromatic rings. The predicted molar refractivity (Wildman–Crippen MR) is 143 cm³/mol. The highest BCUT2D eigenvalue weighted by molar-refractivity contribution is 14.0. The SMILES string of the molecule is CCNC(=NCCCc1ccc(N(C)C)cc1)NC1CCN(c2cccs2)CC1.I. The van der Waals surface area contributed by atoms with Crippen molar-refractivity contribution in [1.82, 2.24) is 10.6 Å². The molecular formula is C23H36IN5S. The lowest BCUT2D eigenvalue weighted by Gasteiger charge is -2.33. The summed E-state index contributed by atoms with van der Waals surface area (Å²) in [6.07, 6.45) is 4.44. The fourth-order valence-electron chi connectivity index (χ4n) is 3.64. The number of aliphatic imine (C=N–C) groups is 1. The van der Waals surface area contributed by atoms with Crippen molar-refractivity contribution in [3.8, 4) is 0 Å². The maximum Gasteiger partial charge on any atom is 0.191 e. The van der Waals surface area contributed by atoms with Gasteiger partial charge >= 0.3 is 0 Å². The van der Waals surface area contributed by atoms with Crippen molar-refractivity contribution in [1.29, 1.82) is 0 Å². The molecule has 166 valence electrons. The summed E-state index contributed by atoms with van der Waals surface area (Å²) in [5.41, 5.74) is 2.63. The molecule has 1 aromatic heterocycles. The molecule has 1 aliphatic rings. The molecule has 0 radical (unpaired) electrons. The van der Waals surface area contributed by atoms with Crippen molar-refractivity contribution in [3.63, 3.8) is 0 Å².